The number of nitrogens with zero attached hydrogens (tertiary/aromatic N) is 2. The second-order valence-corrected chi connectivity index (χ2v) is 14.3. The molecule has 4 unspecified atom stereocenters. The van der Waals surface area contributed by atoms with Gasteiger partial charge < -0.3 is 50.0 Å². The summed E-state index contributed by atoms with van der Waals surface area (Å²) in [5.41, 5.74) is 4.19. The molecule has 284 valence electrons. The minimum Gasteiger partial charge on any atom is -0.490 e. The van der Waals surface area contributed by atoms with Gasteiger partial charge in [0.25, 0.3) is 0 Å². The molecule has 0 bridgehead atoms. The number of urea groups is 1. The number of hydrogen-bond donors (Lipinski definition) is 6. The summed E-state index contributed by atoms with van der Waals surface area (Å²) < 4.78 is 17.8. The van der Waals surface area contributed by atoms with Crippen LogP contribution in [0.4, 0.5) is 4.79 Å². The Hall–Kier alpha value is -3.04. The van der Waals surface area contributed by atoms with Crippen molar-refractivity contribution >= 4 is 29.2 Å². The molecule has 4 atom stereocenters. The molecule has 1 heterocycles. The lowest BCUT2D eigenvalue weighted by Gasteiger charge is -2.30. The third-order valence-corrected chi connectivity index (χ3v) is 10.2. The van der Waals surface area contributed by atoms with Gasteiger partial charge in [0.1, 0.15) is 30.2 Å². The zero-order valence-electron chi connectivity index (χ0n) is 29.3. The summed E-state index contributed by atoms with van der Waals surface area (Å²) in [5, 5.41) is 53.3. The number of hydrogen-bond acceptors (Lipinski definition) is 10. The summed E-state index contributed by atoms with van der Waals surface area (Å²) in [4.78, 5) is 18.6. The van der Waals surface area contributed by atoms with Crippen LogP contribution < -0.4 is 10.1 Å². The highest BCUT2D eigenvalue weighted by atomic mass is 35.5. The molecular formula is C38H49Cl2N3O9. The average molecular weight is 763 g/mol. The van der Waals surface area contributed by atoms with Gasteiger partial charge in [-0.2, -0.15) is 0 Å². The van der Waals surface area contributed by atoms with Crippen LogP contribution in [0, 0.1) is 0 Å². The molecule has 2 aliphatic carbocycles. The number of halogens is 2. The van der Waals surface area contributed by atoms with Gasteiger partial charge in [-0.1, -0.05) is 41.4 Å². The van der Waals surface area contributed by atoms with Crippen molar-refractivity contribution in [2.24, 2.45) is 0 Å². The van der Waals surface area contributed by atoms with Crippen molar-refractivity contribution in [1.29, 1.82) is 0 Å². The lowest BCUT2D eigenvalue weighted by molar-refractivity contribution is -0.117. The first-order valence-electron chi connectivity index (χ1n) is 17.7. The number of amides is 2. The molecule has 2 fully saturated rings. The summed E-state index contributed by atoms with van der Waals surface area (Å²) in [6.45, 7) is -0.131. The van der Waals surface area contributed by atoms with Crippen LogP contribution >= 0.6 is 23.2 Å². The predicted molar refractivity (Wildman–Crippen MR) is 196 cm³/mol. The number of unbranched alkanes of at least 4 members (excludes halogenated alkanes) is 1. The van der Waals surface area contributed by atoms with E-state index < -0.39 is 42.7 Å². The van der Waals surface area contributed by atoms with Gasteiger partial charge in [0.2, 0.25) is 0 Å². The van der Waals surface area contributed by atoms with E-state index in [2.05, 4.69) is 16.4 Å². The fourth-order valence-corrected chi connectivity index (χ4v) is 6.59. The third-order valence-electron chi connectivity index (χ3n) is 9.46. The Kier molecular flexibility index (Phi) is 14.5. The minimum atomic E-state index is -1.80. The summed E-state index contributed by atoms with van der Waals surface area (Å²) in [5.74, 6) is 0.864. The maximum Gasteiger partial charge on any atom is 0.317 e. The van der Waals surface area contributed by atoms with Crippen molar-refractivity contribution in [2.75, 3.05) is 40.0 Å². The zero-order chi connectivity index (χ0) is 37.3. The van der Waals surface area contributed by atoms with Gasteiger partial charge in [-0.05, 0) is 85.9 Å². The van der Waals surface area contributed by atoms with E-state index in [4.69, 9.17) is 42.5 Å². The number of aromatic nitrogens is 1. The number of aliphatic hydroxyl groups excluding tert-OH is 5. The fourth-order valence-electron chi connectivity index (χ4n) is 6.06. The molecule has 0 radical (unpaired) electrons. The van der Waals surface area contributed by atoms with Crippen LogP contribution in [0.2, 0.25) is 10.0 Å². The Labute approximate surface area is 314 Å². The van der Waals surface area contributed by atoms with Crippen molar-refractivity contribution in [1.82, 2.24) is 15.2 Å². The number of para-hydroxylation sites is 1. The van der Waals surface area contributed by atoms with Gasteiger partial charge >= 0.3 is 6.03 Å². The first-order valence-corrected chi connectivity index (χ1v) is 18.5. The first-order chi connectivity index (χ1) is 25.1. The molecule has 2 saturated carbocycles. The summed E-state index contributed by atoms with van der Waals surface area (Å²) in [6.07, 6.45) is 2.69. The van der Waals surface area contributed by atoms with Crippen LogP contribution in [0.3, 0.4) is 0 Å². The summed E-state index contributed by atoms with van der Waals surface area (Å²) in [7, 11) is 1.50. The molecule has 12 nitrogen and oxygen atoms in total. The highest BCUT2D eigenvalue weighted by Gasteiger charge is 2.48. The molecule has 5 rings (SSSR count). The Morgan fingerprint density at radius 2 is 1.71 bits per heavy atom. The fraction of sp³-hybridized carbons (Fsp3) is 0.526. The lowest BCUT2D eigenvalue weighted by Crippen LogP contribution is -2.52. The van der Waals surface area contributed by atoms with Crippen molar-refractivity contribution in [3.63, 3.8) is 0 Å². The van der Waals surface area contributed by atoms with E-state index in [-0.39, 0.29) is 39.0 Å². The van der Waals surface area contributed by atoms with Crippen LogP contribution in [-0.2, 0) is 28.1 Å². The lowest BCUT2D eigenvalue weighted by atomic mass is 9.96. The Balaban J connectivity index is 1.18. The molecule has 0 spiro atoms. The highest BCUT2D eigenvalue weighted by Crippen LogP contribution is 2.53. The molecule has 3 aromatic rings. The van der Waals surface area contributed by atoms with Gasteiger partial charge in [-0.15, -0.1) is 0 Å². The Morgan fingerprint density at radius 3 is 2.42 bits per heavy atom. The van der Waals surface area contributed by atoms with Crippen LogP contribution in [0.25, 0.3) is 11.1 Å². The largest absolute Gasteiger partial charge is 0.490 e. The number of carbonyl (C=O) groups is 1. The topological polar surface area (TPSA) is 174 Å². The number of carbonyl (C=O) groups excluding carboxylic acids is 1. The van der Waals surface area contributed by atoms with Crippen molar-refractivity contribution in [3.8, 4) is 16.9 Å². The second-order valence-electron chi connectivity index (χ2n) is 13.5. The zero-order valence-corrected chi connectivity index (χ0v) is 30.8. The van der Waals surface area contributed by atoms with Crippen LogP contribution in [-0.4, -0.2) is 112 Å². The highest BCUT2D eigenvalue weighted by molar-refractivity contribution is 6.34. The number of ether oxygens (including phenoxy) is 3. The molecule has 2 aromatic carbocycles. The van der Waals surface area contributed by atoms with Crippen molar-refractivity contribution < 1.29 is 44.5 Å². The number of pyridine rings is 1. The number of nitrogens with one attached hydrogen (secondary N) is 1. The average Bonchev–Trinajstić information content (AvgIpc) is 4.10. The smallest absolute Gasteiger partial charge is 0.317 e. The molecule has 6 N–H and O–H groups in total. The van der Waals surface area contributed by atoms with E-state index in [0.717, 1.165) is 59.3 Å². The minimum absolute atomic E-state index is 0.216. The second kappa shape index (κ2) is 18.8. The maximum atomic E-state index is 12.9. The normalized spacial score (nSPS) is 17.2. The van der Waals surface area contributed by atoms with E-state index in [0.29, 0.717) is 29.3 Å². The van der Waals surface area contributed by atoms with Gasteiger partial charge in [0.15, 0.2) is 0 Å². The third kappa shape index (κ3) is 10.6. The van der Waals surface area contributed by atoms with Gasteiger partial charge in [-0.3, -0.25) is 4.98 Å². The Morgan fingerprint density at radius 1 is 1.00 bits per heavy atom. The van der Waals surface area contributed by atoms with Crippen molar-refractivity contribution in [2.45, 2.75) is 87.7 Å². The molecule has 52 heavy (non-hydrogen) atoms. The number of aliphatic hydroxyl groups is 5. The SMILES string of the molecule is COCCNC(=O)N(CCCCc1cc(Cl)c(COC2(c3cnccc3-c3ccccc3OC3CC3)CC2)cc1Cl)CC(O)C(O)C(O)C(O)CO. The number of aryl methyl sites for hydroxylation is 1. The van der Waals surface area contributed by atoms with Crippen LogP contribution in [0.15, 0.2) is 54.9 Å². The van der Waals surface area contributed by atoms with Crippen LogP contribution in [0.1, 0.15) is 55.2 Å². The van der Waals surface area contributed by atoms with Gasteiger partial charge in [-0.25, -0.2) is 4.79 Å². The molecular weight excluding hydrogens is 713 g/mol. The molecule has 14 heteroatoms. The molecule has 0 aliphatic heterocycles. The molecule has 0 saturated heterocycles. The van der Waals surface area contributed by atoms with Crippen LogP contribution in [0.5, 0.6) is 5.75 Å². The van der Waals surface area contributed by atoms with E-state index in [1.807, 2.05) is 42.6 Å². The Bertz CT molecular complexity index is 1620. The molecule has 2 aliphatic rings. The monoisotopic (exact) mass is 761 g/mol. The van der Waals surface area contributed by atoms with E-state index in [1.54, 1.807) is 6.20 Å². The van der Waals surface area contributed by atoms with Gasteiger partial charge in [0.05, 0.1) is 38.1 Å². The standard InChI is InChI=1S/C38H49Cl2N3O9/c1-50-17-15-42-37(49)43(21-32(45)35(47)36(48)33(46)22-44)16-5-4-6-24-18-31(40)25(19-30(24)39)23-51-38(12-13-38)29-20-41-14-11-27(29)28-7-2-3-8-34(28)52-26-9-10-26/h2-3,7-8,11,14,18-20,26,32-33,35-36,44-48H,4-6,9-10,12-13,15-17,21-23H2,1H3,(H,42,49). The summed E-state index contributed by atoms with van der Waals surface area (Å²) >= 11 is 13.5. The van der Waals surface area contributed by atoms with E-state index >= 15 is 0 Å². The maximum absolute atomic E-state index is 12.9. The van der Waals surface area contributed by atoms with Gasteiger partial charge in [0, 0.05) is 53.8 Å². The first kappa shape index (κ1) is 40.2. The molecule has 2 amide bonds. The molecule has 1 aromatic heterocycles. The van der Waals surface area contributed by atoms with Crippen molar-refractivity contribution in [3.05, 3.63) is 81.6 Å². The predicted octanol–water partition coefficient (Wildman–Crippen LogP) is 4.22. The van der Waals surface area contributed by atoms with E-state index in [9.17, 15) is 25.2 Å². The number of methoxy groups -OCH3 is 1. The number of benzene rings is 2. The van der Waals surface area contributed by atoms with E-state index in [1.165, 1.54) is 12.0 Å². The number of rotatable bonds is 21. The quantitative estimate of drug-likeness (QED) is 0.0864. The summed E-state index contributed by atoms with van der Waals surface area (Å²) in [6, 6.07) is 13.3.